The molecule has 190 valence electrons. The number of carboxylic acids is 1. The number of carboxylic acid groups (broad SMARTS) is 1. The number of thioether (sulfide) groups is 1. The Labute approximate surface area is 222 Å². The van der Waals surface area contributed by atoms with Crippen LogP contribution >= 0.6 is 35.0 Å². The molecule has 12 heteroatoms. The Balaban J connectivity index is 1.67. The second-order valence-electron chi connectivity index (χ2n) is 8.40. The minimum Gasteiger partial charge on any atom is -0.478 e. The highest BCUT2D eigenvalue weighted by molar-refractivity contribution is 7.99. The molecular formula is C24H25Cl2N5O4S. The first-order chi connectivity index (χ1) is 17.0. The monoisotopic (exact) mass is 549 g/mol. The number of benzene rings is 2. The average Bonchev–Trinajstić information content (AvgIpc) is 3.17. The second kappa shape index (κ2) is 12.2. The minimum atomic E-state index is -1.04. The number of rotatable bonds is 10. The van der Waals surface area contributed by atoms with Crippen LogP contribution in [0.15, 0.2) is 47.6 Å². The largest absolute Gasteiger partial charge is 0.478 e. The lowest BCUT2D eigenvalue weighted by molar-refractivity contribution is -0.113. The summed E-state index contributed by atoms with van der Waals surface area (Å²) in [7, 11) is 1.77. The zero-order chi connectivity index (χ0) is 26.4. The third kappa shape index (κ3) is 7.22. The van der Waals surface area contributed by atoms with Crippen LogP contribution in [0.3, 0.4) is 0 Å². The lowest BCUT2D eigenvalue weighted by Gasteiger charge is -2.20. The fourth-order valence-electron chi connectivity index (χ4n) is 3.39. The number of carbonyl (C=O) groups is 3. The molecule has 9 nitrogen and oxygen atoms in total. The average molecular weight is 550 g/mol. The number of hydrogen-bond acceptors (Lipinski definition) is 6. The highest BCUT2D eigenvalue weighted by Crippen LogP contribution is 2.26. The highest BCUT2D eigenvalue weighted by Gasteiger charge is 2.24. The summed E-state index contributed by atoms with van der Waals surface area (Å²) in [6.07, 6.45) is 0.612. The predicted molar refractivity (Wildman–Crippen MR) is 140 cm³/mol. The van der Waals surface area contributed by atoms with Gasteiger partial charge in [0.2, 0.25) is 5.91 Å². The molecule has 0 bridgehead atoms. The van der Waals surface area contributed by atoms with Crippen molar-refractivity contribution in [3.63, 3.8) is 0 Å². The maximum atomic E-state index is 12.9. The summed E-state index contributed by atoms with van der Waals surface area (Å²) in [6, 6.07) is 10.1. The molecule has 0 radical (unpaired) electrons. The van der Waals surface area contributed by atoms with E-state index in [9.17, 15) is 14.4 Å². The number of halogens is 2. The van der Waals surface area contributed by atoms with Crippen LogP contribution in [-0.2, 0) is 11.8 Å². The van der Waals surface area contributed by atoms with Crippen molar-refractivity contribution in [2.45, 2.75) is 31.5 Å². The number of anilines is 1. The van der Waals surface area contributed by atoms with Crippen molar-refractivity contribution in [2.24, 2.45) is 13.0 Å². The third-order valence-corrected chi connectivity index (χ3v) is 6.68. The Morgan fingerprint density at radius 1 is 1.08 bits per heavy atom. The maximum Gasteiger partial charge on any atom is 0.335 e. The van der Waals surface area contributed by atoms with Gasteiger partial charge in [0.1, 0.15) is 0 Å². The number of hydrogen-bond donors (Lipinski definition) is 3. The van der Waals surface area contributed by atoms with Gasteiger partial charge in [-0.1, -0.05) is 48.8 Å². The van der Waals surface area contributed by atoms with Crippen molar-refractivity contribution in [3.05, 3.63) is 69.5 Å². The van der Waals surface area contributed by atoms with Crippen molar-refractivity contribution in [1.82, 2.24) is 20.1 Å². The summed E-state index contributed by atoms with van der Waals surface area (Å²) in [6.45, 7) is 4.07. The molecule has 0 unspecified atom stereocenters. The molecule has 0 aliphatic heterocycles. The molecule has 0 saturated carbocycles. The van der Waals surface area contributed by atoms with Gasteiger partial charge < -0.3 is 20.3 Å². The van der Waals surface area contributed by atoms with Gasteiger partial charge >= 0.3 is 5.97 Å². The number of carbonyl (C=O) groups excluding carboxylic acids is 2. The number of nitrogens with zero attached hydrogens (tertiary/aromatic N) is 3. The topological polar surface area (TPSA) is 126 Å². The molecule has 0 aliphatic rings. The van der Waals surface area contributed by atoms with Crippen LogP contribution in [0, 0.1) is 5.92 Å². The Hall–Kier alpha value is -3.08. The van der Waals surface area contributed by atoms with E-state index in [1.165, 1.54) is 42.1 Å². The van der Waals surface area contributed by atoms with Gasteiger partial charge in [-0.05, 0) is 54.8 Å². The Bertz CT molecular complexity index is 1260. The van der Waals surface area contributed by atoms with Gasteiger partial charge in [-0.25, -0.2) is 4.79 Å². The highest BCUT2D eigenvalue weighted by atomic mass is 35.5. The zero-order valence-corrected chi connectivity index (χ0v) is 22.1. The van der Waals surface area contributed by atoms with E-state index in [1.54, 1.807) is 23.7 Å². The summed E-state index contributed by atoms with van der Waals surface area (Å²) >= 11 is 13.3. The van der Waals surface area contributed by atoms with E-state index in [0.29, 0.717) is 33.7 Å². The van der Waals surface area contributed by atoms with E-state index >= 15 is 0 Å². The fraction of sp³-hybridized carbons (Fsp3) is 0.292. The summed E-state index contributed by atoms with van der Waals surface area (Å²) in [5, 5.41) is 24.3. The molecule has 36 heavy (non-hydrogen) atoms. The quantitative estimate of drug-likeness (QED) is 0.301. The molecule has 3 N–H and O–H groups in total. The molecule has 2 aromatic carbocycles. The summed E-state index contributed by atoms with van der Waals surface area (Å²) < 4.78 is 1.75. The van der Waals surface area contributed by atoms with Crippen LogP contribution in [-0.4, -0.2) is 43.4 Å². The molecule has 0 aliphatic carbocycles. The first-order valence-electron chi connectivity index (χ1n) is 11.0. The number of aromatic nitrogens is 3. The van der Waals surface area contributed by atoms with Gasteiger partial charge in [-0.2, -0.15) is 0 Å². The number of nitrogens with one attached hydrogen (secondary N) is 2. The smallest absolute Gasteiger partial charge is 0.335 e. The first-order valence-corrected chi connectivity index (χ1v) is 12.7. The van der Waals surface area contributed by atoms with Gasteiger partial charge in [0.15, 0.2) is 11.0 Å². The summed E-state index contributed by atoms with van der Waals surface area (Å²) in [4.78, 5) is 36.2. The molecule has 1 aromatic heterocycles. The van der Waals surface area contributed by atoms with Gasteiger partial charge in [0, 0.05) is 17.8 Å². The molecular weight excluding hydrogens is 525 g/mol. The molecule has 0 saturated heterocycles. The van der Waals surface area contributed by atoms with Crippen molar-refractivity contribution in [2.75, 3.05) is 11.1 Å². The van der Waals surface area contributed by atoms with Crippen LogP contribution in [0.4, 0.5) is 5.69 Å². The van der Waals surface area contributed by atoms with E-state index in [2.05, 4.69) is 20.8 Å². The molecule has 2 amide bonds. The minimum absolute atomic E-state index is 0.0637. The second-order valence-corrected chi connectivity index (χ2v) is 10.2. The van der Waals surface area contributed by atoms with Crippen molar-refractivity contribution < 1.29 is 19.5 Å². The van der Waals surface area contributed by atoms with Gasteiger partial charge in [0.05, 0.1) is 27.9 Å². The van der Waals surface area contributed by atoms with Crippen LogP contribution < -0.4 is 10.6 Å². The zero-order valence-electron chi connectivity index (χ0n) is 19.8. The Morgan fingerprint density at radius 2 is 1.78 bits per heavy atom. The number of aromatic carboxylic acids is 1. The first kappa shape index (κ1) is 27.5. The van der Waals surface area contributed by atoms with Gasteiger partial charge in [-0.15, -0.1) is 10.2 Å². The van der Waals surface area contributed by atoms with E-state index < -0.39 is 12.0 Å². The van der Waals surface area contributed by atoms with Crippen LogP contribution in [0.1, 0.15) is 52.9 Å². The fourth-order valence-corrected chi connectivity index (χ4v) is 4.60. The van der Waals surface area contributed by atoms with Crippen LogP contribution in [0.25, 0.3) is 0 Å². The maximum absolute atomic E-state index is 12.9. The molecule has 3 aromatic rings. The van der Waals surface area contributed by atoms with Crippen molar-refractivity contribution in [3.8, 4) is 0 Å². The molecule has 3 rings (SSSR count). The molecule has 0 spiro atoms. The molecule has 1 heterocycles. The molecule has 0 fully saturated rings. The van der Waals surface area contributed by atoms with E-state index in [-0.39, 0.29) is 34.1 Å². The third-order valence-electron chi connectivity index (χ3n) is 5.12. The Morgan fingerprint density at radius 3 is 2.39 bits per heavy atom. The lowest BCUT2D eigenvalue weighted by Crippen LogP contribution is -2.31. The SMILES string of the molecule is CC(C)C[C@H](NC(=O)c1ccc(Cl)cc1Cl)c1nnc(SCC(=O)Nc2ccc(C(=O)O)cc2)n1C. The van der Waals surface area contributed by atoms with E-state index in [0.717, 1.165) is 0 Å². The molecule has 1 atom stereocenters. The van der Waals surface area contributed by atoms with Crippen molar-refractivity contribution >= 4 is 58.4 Å². The van der Waals surface area contributed by atoms with Gasteiger partial charge in [-0.3, -0.25) is 9.59 Å². The number of amides is 2. The predicted octanol–water partition coefficient (Wildman–Crippen LogP) is 5.07. The van der Waals surface area contributed by atoms with E-state index in [4.69, 9.17) is 28.3 Å². The van der Waals surface area contributed by atoms with Crippen molar-refractivity contribution in [1.29, 1.82) is 0 Å². The summed E-state index contributed by atoms with van der Waals surface area (Å²) in [5.74, 6) is -0.806. The van der Waals surface area contributed by atoms with Crippen LogP contribution in [0.2, 0.25) is 10.0 Å². The normalized spacial score (nSPS) is 11.8. The standard InChI is InChI=1S/C24H25Cl2N5O4S/c1-13(2)10-19(28-22(33)17-9-6-15(25)11-18(17)26)21-29-30-24(31(21)3)36-12-20(32)27-16-7-4-14(5-8-16)23(34)35/h4-9,11,13,19H,10,12H2,1-3H3,(H,27,32)(H,28,33)(H,34,35)/t19-/m0/s1. The van der Waals surface area contributed by atoms with Crippen LogP contribution in [0.5, 0.6) is 0 Å². The van der Waals surface area contributed by atoms with E-state index in [1.807, 2.05) is 13.8 Å². The Kier molecular flexibility index (Phi) is 9.36. The summed E-state index contributed by atoms with van der Waals surface area (Å²) in [5.41, 5.74) is 0.930. The lowest BCUT2D eigenvalue weighted by atomic mass is 10.0. The van der Waals surface area contributed by atoms with Gasteiger partial charge in [0.25, 0.3) is 5.91 Å².